The predicted molar refractivity (Wildman–Crippen MR) is 154 cm³/mol. The lowest BCUT2D eigenvalue weighted by atomic mass is 9.91. The van der Waals surface area contributed by atoms with Crippen LogP contribution in [-0.2, 0) is 0 Å². The van der Waals surface area contributed by atoms with Gasteiger partial charge >= 0.3 is 0 Å². The van der Waals surface area contributed by atoms with E-state index in [0.717, 1.165) is 0 Å². The van der Waals surface area contributed by atoms with Crippen molar-refractivity contribution in [3.63, 3.8) is 0 Å². The van der Waals surface area contributed by atoms with E-state index < -0.39 is 0 Å². The molecular weight excluding hydrogens is 520 g/mol. The summed E-state index contributed by atoms with van der Waals surface area (Å²) in [5.74, 6) is 0. The van der Waals surface area contributed by atoms with E-state index in [1.54, 1.807) is 60.7 Å². The summed E-state index contributed by atoms with van der Waals surface area (Å²) in [7, 11) is 0. The third kappa shape index (κ3) is 3.78. The normalized spacial score (nSPS) is 14.9. The zero-order valence-electron chi connectivity index (χ0n) is 21.4. The van der Waals surface area contributed by atoms with Crippen LogP contribution in [0.5, 0.6) is 0 Å². The Kier molecular flexibility index (Phi) is 6.45. The van der Waals surface area contributed by atoms with Gasteiger partial charge in [0.25, 0.3) is 11.4 Å². The molecule has 0 saturated heterocycles. The zero-order valence-corrected chi connectivity index (χ0v) is 21.4. The van der Waals surface area contributed by atoms with Crippen LogP contribution in [0.4, 0.5) is 5.69 Å². The minimum absolute atomic E-state index is 0.134. The van der Waals surface area contributed by atoms with E-state index in [0.29, 0.717) is 55.8 Å². The number of benzene rings is 3. The van der Waals surface area contributed by atoms with Crippen LogP contribution in [-0.4, -0.2) is 0 Å². The molecule has 8 nitrogen and oxygen atoms in total. The van der Waals surface area contributed by atoms with Gasteiger partial charge in [0.15, 0.2) is 5.69 Å². The molecule has 0 fully saturated rings. The summed E-state index contributed by atoms with van der Waals surface area (Å²) in [6, 6.07) is 24.3. The minimum Gasteiger partial charge on any atom is -0.238 e. The summed E-state index contributed by atoms with van der Waals surface area (Å²) in [6.45, 7) is 30.9. The van der Waals surface area contributed by atoms with Crippen molar-refractivity contribution in [2.45, 2.75) is 0 Å². The van der Waals surface area contributed by atoms with Crippen LogP contribution in [0.1, 0.15) is 38.9 Å². The molecule has 0 amide bonds. The molecule has 2 aliphatic rings. The minimum atomic E-state index is -0.281. The van der Waals surface area contributed by atoms with Gasteiger partial charge in [0.05, 0.1) is 55.6 Å². The molecule has 3 aromatic rings. The summed E-state index contributed by atoms with van der Waals surface area (Å²) < 4.78 is 0. The summed E-state index contributed by atoms with van der Waals surface area (Å²) in [5, 5.41) is 39.7. The molecule has 0 bridgehead atoms. The lowest BCUT2D eigenvalue weighted by Gasteiger charge is -2.13. The number of rotatable bonds is 2. The van der Waals surface area contributed by atoms with Crippen molar-refractivity contribution < 1.29 is 0 Å². The van der Waals surface area contributed by atoms with Crippen LogP contribution in [0, 0.1) is 71.6 Å². The number of nitrogens with zero attached hydrogens (tertiary/aromatic N) is 8. The van der Waals surface area contributed by atoms with E-state index in [1.165, 1.54) is 0 Å². The van der Waals surface area contributed by atoms with Gasteiger partial charge in [-0.2, -0.15) is 10.5 Å². The van der Waals surface area contributed by atoms with Crippen LogP contribution < -0.4 is 0 Å². The molecule has 8 heteroatoms. The summed E-state index contributed by atoms with van der Waals surface area (Å²) in [5.41, 5.74) is 3.74. The summed E-state index contributed by atoms with van der Waals surface area (Å²) >= 11 is 0. The van der Waals surface area contributed by atoms with Crippen molar-refractivity contribution in [2.24, 2.45) is 0 Å². The molecule has 0 aromatic heterocycles. The van der Waals surface area contributed by atoms with Crippen molar-refractivity contribution in [1.82, 2.24) is 0 Å². The van der Waals surface area contributed by atoms with Gasteiger partial charge in [-0.25, -0.2) is 29.9 Å². The highest BCUT2D eigenvalue weighted by Crippen LogP contribution is 2.55. The molecule has 3 aromatic carbocycles. The van der Waals surface area contributed by atoms with Crippen molar-refractivity contribution in [2.75, 3.05) is 0 Å². The molecule has 42 heavy (non-hydrogen) atoms. The SMILES string of the molecule is [C-]#[N+]C1=C(c2cccc([N+]#[C-])c2)/C(=C(/C#N)[N+]#[C-])c2cc3c(cc21)C(C#N)=C(c1cccc(C#N)c1)/C3=C(\C#N)[N+]#[C-]. The zero-order chi connectivity index (χ0) is 30.0. The van der Waals surface area contributed by atoms with Crippen molar-refractivity contribution >= 4 is 39.2 Å². The molecule has 0 spiro atoms. The van der Waals surface area contributed by atoms with Gasteiger partial charge in [-0.3, -0.25) is 0 Å². The van der Waals surface area contributed by atoms with Crippen LogP contribution in [0.25, 0.3) is 52.9 Å². The molecule has 0 atom stereocenters. The Morgan fingerprint density at radius 1 is 0.595 bits per heavy atom. The van der Waals surface area contributed by atoms with Crippen LogP contribution >= 0.6 is 0 Å². The maximum absolute atomic E-state index is 10.3. The third-order valence-electron chi connectivity index (χ3n) is 6.88. The van der Waals surface area contributed by atoms with E-state index in [1.807, 2.05) is 12.1 Å². The predicted octanol–water partition coefficient (Wildman–Crippen LogP) is 7.67. The standard InChI is InChI=1S/C34H10N8/c1-39-22-10-6-9-21(12-22)31-33(29(18-38)41-3)25-14-24-23(13-26(25)34(31)42-4)27(16-36)30(32(24)28(17-37)40-2)20-8-5-7-19(11-20)15-35/h5-14H/b32-28+,33-29-. The number of fused-ring (bicyclic) bond motifs is 2. The van der Waals surface area contributed by atoms with Crippen LogP contribution in [0.3, 0.4) is 0 Å². The summed E-state index contributed by atoms with van der Waals surface area (Å²) in [4.78, 5) is 14.1. The fourth-order valence-corrected chi connectivity index (χ4v) is 5.24. The van der Waals surface area contributed by atoms with Gasteiger partial charge in [-0.1, -0.05) is 42.5 Å². The van der Waals surface area contributed by atoms with Crippen molar-refractivity contribution in [1.29, 1.82) is 21.0 Å². The highest BCUT2D eigenvalue weighted by molar-refractivity contribution is 6.29. The molecule has 2 aliphatic carbocycles. The van der Waals surface area contributed by atoms with Gasteiger partial charge in [0, 0.05) is 5.57 Å². The molecule has 0 saturated carbocycles. The van der Waals surface area contributed by atoms with E-state index in [2.05, 4.69) is 31.5 Å². The number of nitriles is 4. The largest absolute Gasteiger partial charge is 0.270 e. The number of allylic oxidation sites excluding steroid dienone is 7. The monoisotopic (exact) mass is 530 g/mol. The summed E-state index contributed by atoms with van der Waals surface area (Å²) in [6.07, 6.45) is 0. The van der Waals surface area contributed by atoms with E-state index in [9.17, 15) is 21.0 Å². The quantitative estimate of drug-likeness (QED) is 0.250. The second-order valence-corrected chi connectivity index (χ2v) is 8.89. The molecule has 0 radical (unpaired) electrons. The van der Waals surface area contributed by atoms with E-state index in [-0.39, 0.29) is 33.8 Å². The van der Waals surface area contributed by atoms with Gasteiger partial charge in [-0.15, -0.1) is 0 Å². The number of hydrogen-bond acceptors (Lipinski definition) is 4. The molecule has 0 aliphatic heterocycles. The Morgan fingerprint density at radius 3 is 1.76 bits per heavy atom. The lowest BCUT2D eigenvalue weighted by molar-refractivity contribution is 1.47. The first-order valence-electron chi connectivity index (χ1n) is 12.0. The topological polar surface area (TPSA) is 113 Å². The first-order chi connectivity index (χ1) is 20.5. The maximum atomic E-state index is 10.3. The first kappa shape index (κ1) is 26.2. The second-order valence-electron chi connectivity index (χ2n) is 8.89. The highest BCUT2D eigenvalue weighted by atomic mass is 14.7. The molecule has 0 N–H and O–H groups in total. The van der Waals surface area contributed by atoms with Gasteiger partial charge in [-0.05, 0) is 68.3 Å². The second kappa shape index (κ2) is 10.4. The molecular formula is C34H10N8. The molecule has 186 valence electrons. The average Bonchev–Trinajstić information content (AvgIpc) is 3.53. The Morgan fingerprint density at radius 2 is 1.19 bits per heavy atom. The highest BCUT2D eigenvalue weighted by Gasteiger charge is 2.37. The Hall–Kier alpha value is -7.46. The van der Waals surface area contributed by atoms with Gasteiger partial charge in [0.1, 0.15) is 6.07 Å². The van der Waals surface area contributed by atoms with Crippen LogP contribution in [0.15, 0.2) is 72.1 Å². The molecule has 5 rings (SSSR count). The van der Waals surface area contributed by atoms with E-state index >= 15 is 0 Å². The maximum Gasteiger partial charge on any atom is 0.270 e. The van der Waals surface area contributed by atoms with E-state index in [4.69, 9.17) is 26.3 Å². The van der Waals surface area contributed by atoms with Gasteiger partial charge < -0.3 is 0 Å². The Labute approximate surface area is 241 Å². The first-order valence-corrected chi connectivity index (χ1v) is 12.0. The fourth-order valence-electron chi connectivity index (χ4n) is 5.24. The van der Waals surface area contributed by atoms with Gasteiger partial charge in [0.2, 0.25) is 5.70 Å². The van der Waals surface area contributed by atoms with Crippen molar-refractivity contribution in [3.8, 4) is 24.3 Å². The third-order valence-corrected chi connectivity index (χ3v) is 6.88. The number of hydrogen-bond donors (Lipinski definition) is 0. The average molecular weight is 531 g/mol. The Balaban J connectivity index is 1.94. The smallest absolute Gasteiger partial charge is 0.238 e. The van der Waals surface area contributed by atoms with Crippen LogP contribution in [0.2, 0.25) is 0 Å². The lowest BCUT2D eigenvalue weighted by Crippen LogP contribution is -1.95. The fraction of sp³-hybridized carbons (Fsp3) is 0. The molecule has 0 heterocycles. The molecule has 0 unspecified atom stereocenters. The van der Waals surface area contributed by atoms with Crippen molar-refractivity contribution in [3.05, 3.63) is 157 Å². The Bertz CT molecular complexity index is 2080.